The van der Waals surface area contributed by atoms with E-state index in [1.54, 1.807) is 24.3 Å². The van der Waals surface area contributed by atoms with Crippen molar-refractivity contribution in [1.29, 1.82) is 0 Å². The summed E-state index contributed by atoms with van der Waals surface area (Å²) < 4.78 is 86.4. The molecule has 0 fully saturated rings. The van der Waals surface area contributed by atoms with Crippen LogP contribution in [0.4, 0.5) is 26.3 Å². The predicted molar refractivity (Wildman–Crippen MR) is 213 cm³/mol. The van der Waals surface area contributed by atoms with Crippen LogP contribution in [0, 0.1) is 11.3 Å². The van der Waals surface area contributed by atoms with Crippen molar-refractivity contribution in [2.75, 3.05) is 0 Å². The Balaban J connectivity index is 0.00000283. The molecule has 4 aliphatic carbocycles. The van der Waals surface area contributed by atoms with Crippen LogP contribution in [-0.2, 0) is 44.4 Å². The average Bonchev–Trinajstić information content (AvgIpc) is 3.86. The molecule has 302 valence electrons. The number of halogens is 8. The first kappa shape index (κ1) is 44.3. The van der Waals surface area contributed by atoms with Crippen LogP contribution in [0.3, 0.4) is 0 Å². The van der Waals surface area contributed by atoms with Gasteiger partial charge in [0.05, 0.1) is 0 Å². The van der Waals surface area contributed by atoms with E-state index in [2.05, 4.69) is 116 Å². The smallest absolute Gasteiger partial charge is 1.00 e. The maximum atomic E-state index is 14.0. The van der Waals surface area contributed by atoms with Gasteiger partial charge in [-0.3, -0.25) is 0 Å². The van der Waals surface area contributed by atoms with Crippen molar-refractivity contribution < 1.29 is 72.4 Å². The van der Waals surface area contributed by atoms with Gasteiger partial charge in [-0.05, 0) is 0 Å². The first-order chi connectivity index (χ1) is 26.1. The molecule has 58 heavy (non-hydrogen) atoms. The first-order valence-corrected chi connectivity index (χ1v) is 23.3. The zero-order valence-electron chi connectivity index (χ0n) is 33.8. The maximum Gasteiger partial charge on any atom is -1.00 e. The molecule has 4 aromatic carbocycles. The zero-order valence-corrected chi connectivity index (χ0v) is 37.7. The molecule has 4 aromatic rings. The topological polar surface area (TPSA) is 0 Å². The van der Waals surface area contributed by atoms with Crippen LogP contribution in [0.1, 0.15) is 121 Å². The Morgan fingerprint density at radius 3 is 1.41 bits per heavy atom. The summed E-state index contributed by atoms with van der Waals surface area (Å²) in [6.07, 6.45) is 5.38. The molecule has 0 N–H and O–H groups in total. The number of hydrogen-bond donors (Lipinski definition) is 0. The minimum atomic E-state index is -4.53. The molecule has 0 radical (unpaired) electrons. The summed E-state index contributed by atoms with van der Waals surface area (Å²) in [5, 5.41) is 0. The fourth-order valence-electron chi connectivity index (χ4n) is 9.15. The van der Waals surface area contributed by atoms with Crippen LogP contribution in [0.5, 0.6) is 0 Å². The molecule has 0 spiro atoms. The van der Waals surface area contributed by atoms with E-state index in [-0.39, 0.29) is 50.6 Å². The molecule has 4 aliphatic rings. The third-order valence-corrected chi connectivity index (χ3v) is 20.9. The fourth-order valence-corrected chi connectivity index (χ4v) is 18.9. The third kappa shape index (κ3) is 7.56. The normalized spacial score (nSPS) is 18.3. The standard InChI is InChI=1S/C23H21.C15H8F6.C11H17.2ClH.Zr/c1-22(2)7-5-14-10-18-16(12-20(14)22)9-17-13-21-15(11-19(17)18)6-8-23(21,3)4;16-14(17,18)12-5-1-10(2-6-12)9-11-3-7-13(8-4-11)15(19,20)21;1-5-9-6-7-10(8-9)11(2,3)4;;;/h5-13H,1-4H3;1-8H;7-9H,5H2,1-4H3;2*1H;/q;;;;;+2/p-2. The van der Waals surface area contributed by atoms with Crippen molar-refractivity contribution in [1.82, 2.24) is 0 Å². The second kappa shape index (κ2) is 15.0. The van der Waals surface area contributed by atoms with Crippen molar-refractivity contribution in [3.05, 3.63) is 162 Å². The van der Waals surface area contributed by atoms with Gasteiger partial charge in [-0.2, -0.15) is 0 Å². The van der Waals surface area contributed by atoms with E-state index in [4.69, 9.17) is 0 Å². The number of fused-ring (bicyclic) bond motifs is 5. The second-order valence-corrected chi connectivity index (χ2v) is 24.1. The molecule has 9 heteroatoms. The van der Waals surface area contributed by atoms with E-state index in [1.807, 2.05) is 0 Å². The van der Waals surface area contributed by atoms with Crippen LogP contribution < -0.4 is 24.8 Å². The van der Waals surface area contributed by atoms with Crippen molar-refractivity contribution in [3.8, 4) is 11.1 Å². The Hall–Kier alpha value is -3.25. The van der Waals surface area contributed by atoms with Gasteiger partial charge >= 0.3 is 336 Å². The summed E-state index contributed by atoms with van der Waals surface area (Å²) in [4.78, 5) is 0. The van der Waals surface area contributed by atoms with Gasteiger partial charge in [-0.15, -0.1) is 0 Å². The largest absolute Gasteiger partial charge is 1.00 e. The molecule has 1 unspecified atom stereocenters. The predicted octanol–water partition coefficient (Wildman–Crippen LogP) is 8.19. The zero-order chi connectivity index (χ0) is 40.3. The summed E-state index contributed by atoms with van der Waals surface area (Å²) in [6, 6.07) is 20.1. The van der Waals surface area contributed by atoms with Crippen LogP contribution in [0.15, 0.2) is 106 Å². The Labute approximate surface area is 358 Å². The van der Waals surface area contributed by atoms with Gasteiger partial charge in [0, 0.05) is 0 Å². The molecule has 1 atom stereocenters. The van der Waals surface area contributed by atoms with Gasteiger partial charge in [0.1, 0.15) is 0 Å². The summed E-state index contributed by atoms with van der Waals surface area (Å²) in [5.41, 5.74) is 9.99. The van der Waals surface area contributed by atoms with Gasteiger partial charge in [0.2, 0.25) is 0 Å². The molecule has 0 saturated carbocycles. The molecule has 0 aliphatic heterocycles. The van der Waals surface area contributed by atoms with E-state index in [0.717, 1.165) is 33.9 Å². The monoisotopic (exact) mass is 908 g/mol. The maximum absolute atomic E-state index is 14.0. The quantitative estimate of drug-likeness (QED) is 0.178. The van der Waals surface area contributed by atoms with E-state index in [9.17, 15) is 26.3 Å². The molecule has 0 aromatic heterocycles. The van der Waals surface area contributed by atoms with E-state index >= 15 is 0 Å². The number of benzene rings is 4. The van der Waals surface area contributed by atoms with Gasteiger partial charge in [0.25, 0.3) is 0 Å². The number of hydrogen-bond acceptors (Lipinski definition) is 0. The van der Waals surface area contributed by atoms with Crippen molar-refractivity contribution in [2.45, 2.75) is 88.6 Å². The summed E-state index contributed by atoms with van der Waals surface area (Å²) in [7, 11) is 0. The van der Waals surface area contributed by atoms with Crippen molar-refractivity contribution in [2.24, 2.45) is 11.3 Å². The molecule has 0 amide bonds. The average molecular weight is 911 g/mol. The Kier molecular flexibility index (Phi) is 11.5. The van der Waals surface area contributed by atoms with Crippen molar-refractivity contribution in [3.63, 3.8) is 0 Å². The first-order valence-electron chi connectivity index (χ1n) is 19.4. The molecule has 0 bridgehead atoms. The molecule has 0 nitrogen and oxygen atoms in total. The number of alkyl halides is 6. The SMILES string of the molecule is CCC1C=C(C(C)(C)C)C=[C]1[Zr+2](=[C](c1ccc(C(F)(F)F)cc1)c1ccc(C(F)(F)F)cc1)[CH]1c2cc3c(cc2-c2cc4c(cc21)C(C)(C)C=C4)C=CC3(C)C.[Cl-].[Cl-]. The van der Waals surface area contributed by atoms with E-state index in [0.29, 0.717) is 11.1 Å². The summed E-state index contributed by atoms with van der Waals surface area (Å²) in [6.45, 7) is 17.6. The Morgan fingerprint density at radius 1 is 0.638 bits per heavy atom. The van der Waals surface area contributed by atoms with Crippen LogP contribution in [-0.4, -0.2) is 3.21 Å². The minimum Gasteiger partial charge on any atom is -1.00 e. The fraction of sp³-hybridized carbons (Fsp3) is 0.327. The number of allylic oxidation sites excluding steroid dienone is 6. The van der Waals surface area contributed by atoms with E-state index < -0.39 is 44.7 Å². The second-order valence-electron chi connectivity index (χ2n) is 18.0. The molecule has 8 rings (SSSR count). The van der Waals surface area contributed by atoms with Crippen LogP contribution >= 0.6 is 0 Å². The Bertz CT molecular complexity index is 2310. The van der Waals surface area contributed by atoms with Gasteiger partial charge in [-0.1, -0.05) is 0 Å². The van der Waals surface area contributed by atoms with Crippen LogP contribution in [0.25, 0.3) is 23.3 Å². The number of rotatable bonds is 5. The molecule has 0 saturated heterocycles. The molecular formula is C49H46Cl2F6Zr. The van der Waals surface area contributed by atoms with Crippen LogP contribution in [0.2, 0.25) is 0 Å². The molecule has 0 heterocycles. The third-order valence-electron chi connectivity index (χ3n) is 12.4. The van der Waals surface area contributed by atoms with Gasteiger partial charge in [0.15, 0.2) is 0 Å². The Morgan fingerprint density at radius 2 is 1.05 bits per heavy atom. The molecular weight excluding hydrogens is 865 g/mol. The van der Waals surface area contributed by atoms with Gasteiger partial charge in [-0.25, -0.2) is 0 Å². The van der Waals surface area contributed by atoms with Gasteiger partial charge < -0.3 is 24.8 Å². The van der Waals surface area contributed by atoms with E-state index in [1.165, 1.54) is 53.4 Å². The van der Waals surface area contributed by atoms with Crippen molar-refractivity contribution >= 4 is 15.4 Å². The summed E-state index contributed by atoms with van der Waals surface area (Å²) in [5.74, 6) is 0.0880. The summed E-state index contributed by atoms with van der Waals surface area (Å²) >= 11 is -3.64. The minimum absolute atomic E-state index is 0.